The van der Waals surface area contributed by atoms with Crippen LogP contribution in [-0.4, -0.2) is 31.7 Å². The zero-order valence-corrected chi connectivity index (χ0v) is 14.8. The van der Waals surface area contributed by atoms with Crippen molar-refractivity contribution in [2.75, 3.05) is 25.7 Å². The van der Waals surface area contributed by atoms with E-state index in [1.165, 1.54) is 16.2 Å². The maximum absolute atomic E-state index is 12.3. The van der Waals surface area contributed by atoms with Crippen molar-refractivity contribution in [3.8, 4) is 22.8 Å². The van der Waals surface area contributed by atoms with Gasteiger partial charge in [0.15, 0.2) is 11.7 Å². The highest BCUT2D eigenvalue weighted by Gasteiger charge is 2.16. The number of thiazole rings is 1. The number of carbonyl (C=O) groups is 1. The van der Waals surface area contributed by atoms with Crippen LogP contribution in [0.4, 0.5) is 5.13 Å². The molecule has 0 aliphatic carbocycles. The number of ether oxygens (including phenoxy) is 2. The van der Waals surface area contributed by atoms with Crippen LogP contribution in [0.25, 0.3) is 11.3 Å². The SMILES string of the molecule is COc1ccc(-c2csc(N(C)C(=O)COc3ccccc3)n2)cc1. The molecule has 3 aromatic rings. The van der Waals surface area contributed by atoms with Crippen molar-refractivity contribution in [1.82, 2.24) is 4.98 Å². The molecule has 1 aromatic heterocycles. The maximum Gasteiger partial charge on any atom is 0.266 e. The minimum Gasteiger partial charge on any atom is -0.497 e. The highest BCUT2D eigenvalue weighted by Crippen LogP contribution is 2.28. The third-order valence-electron chi connectivity index (χ3n) is 3.64. The van der Waals surface area contributed by atoms with E-state index < -0.39 is 0 Å². The minimum absolute atomic E-state index is 0.0298. The standard InChI is InChI=1S/C19H18N2O3S/c1-21(18(22)12-24-16-6-4-3-5-7-16)19-20-17(13-25-19)14-8-10-15(23-2)11-9-14/h3-11,13H,12H2,1-2H3. The molecule has 0 saturated carbocycles. The van der Waals surface area contributed by atoms with Crippen LogP contribution < -0.4 is 14.4 Å². The molecule has 3 rings (SSSR count). The summed E-state index contributed by atoms with van der Waals surface area (Å²) in [6, 6.07) is 16.9. The molecule has 0 radical (unpaired) electrons. The van der Waals surface area contributed by atoms with Gasteiger partial charge in [-0.3, -0.25) is 9.69 Å². The number of hydrogen-bond donors (Lipinski definition) is 0. The molecule has 128 valence electrons. The van der Waals surface area contributed by atoms with Crippen LogP contribution in [0.15, 0.2) is 60.0 Å². The third kappa shape index (κ3) is 4.16. The van der Waals surface area contributed by atoms with Crippen molar-refractivity contribution in [3.05, 3.63) is 60.0 Å². The number of hydrogen-bond acceptors (Lipinski definition) is 5. The number of amides is 1. The average Bonchev–Trinajstić information content (AvgIpc) is 3.16. The fraction of sp³-hybridized carbons (Fsp3) is 0.158. The number of rotatable bonds is 6. The van der Waals surface area contributed by atoms with Crippen LogP contribution in [0.3, 0.4) is 0 Å². The summed E-state index contributed by atoms with van der Waals surface area (Å²) in [5.41, 5.74) is 1.80. The first-order valence-corrected chi connectivity index (χ1v) is 8.59. The van der Waals surface area contributed by atoms with Gasteiger partial charge in [-0.1, -0.05) is 18.2 Å². The molecule has 0 fully saturated rings. The molecule has 0 spiro atoms. The molecule has 0 unspecified atom stereocenters. The second-order valence-corrected chi connectivity index (χ2v) is 6.13. The first-order valence-electron chi connectivity index (χ1n) is 7.72. The van der Waals surface area contributed by atoms with E-state index in [-0.39, 0.29) is 12.5 Å². The summed E-state index contributed by atoms with van der Waals surface area (Å²) in [4.78, 5) is 18.4. The van der Waals surface area contributed by atoms with E-state index in [0.29, 0.717) is 10.9 Å². The Morgan fingerprint density at radius 1 is 1.08 bits per heavy atom. The number of nitrogens with zero attached hydrogens (tertiary/aromatic N) is 2. The summed E-state index contributed by atoms with van der Waals surface area (Å²) >= 11 is 1.42. The smallest absolute Gasteiger partial charge is 0.266 e. The molecule has 0 saturated heterocycles. The number of para-hydroxylation sites is 1. The number of anilines is 1. The second-order valence-electron chi connectivity index (χ2n) is 5.30. The highest BCUT2D eigenvalue weighted by atomic mass is 32.1. The molecule has 0 atom stereocenters. The lowest BCUT2D eigenvalue weighted by Crippen LogP contribution is -2.31. The van der Waals surface area contributed by atoms with Crippen LogP contribution in [-0.2, 0) is 4.79 Å². The molecule has 1 heterocycles. The van der Waals surface area contributed by atoms with Crippen LogP contribution in [0.2, 0.25) is 0 Å². The second kappa shape index (κ2) is 7.81. The van der Waals surface area contributed by atoms with Crippen molar-refractivity contribution in [1.29, 1.82) is 0 Å². The van der Waals surface area contributed by atoms with Gasteiger partial charge in [-0.25, -0.2) is 4.98 Å². The summed E-state index contributed by atoms with van der Waals surface area (Å²) in [7, 11) is 3.33. The first kappa shape index (κ1) is 17.0. The minimum atomic E-state index is -0.153. The summed E-state index contributed by atoms with van der Waals surface area (Å²) in [5.74, 6) is 1.31. The predicted molar refractivity (Wildman–Crippen MR) is 99.4 cm³/mol. The molecule has 0 bridgehead atoms. The Balaban J connectivity index is 1.65. The first-order chi connectivity index (χ1) is 12.2. The van der Waals surface area contributed by atoms with Crippen molar-refractivity contribution in [3.63, 3.8) is 0 Å². The predicted octanol–water partition coefficient (Wildman–Crippen LogP) is 3.86. The Hall–Kier alpha value is -2.86. The summed E-state index contributed by atoms with van der Waals surface area (Å²) < 4.78 is 10.7. The summed E-state index contributed by atoms with van der Waals surface area (Å²) in [6.45, 7) is -0.0298. The van der Waals surface area contributed by atoms with Crippen LogP contribution in [0.5, 0.6) is 11.5 Å². The lowest BCUT2D eigenvalue weighted by atomic mass is 10.2. The van der Waals surface area contributed by atoms with Gasteiger partial charge in [-0.05, 0) is 36.4 Å². The topological polar surface area (TPSA) is 51.7 Å². The highest BCUT2D eigenvalue weighted by molar-refractivity contribution is 7.14. The van der Waals surface area contributed by atoms with E-state index in [2.05, 4.69) is 4.98 Å². The molecule has 0 aliphatic rings. The lowest BCUT2D eigenvalue weighted by molar-refractivity contribution is -0.120. The van der Waals surface area contributed by atoms with Gasteiger partial charge in [0, 0.05) is 18.0 Å². The molecule has 6 heteroatoms. The Kier molecular flexibility index (Phi) is 5.30. The van der Waals surface area contributed by atoms with E-state index in [0.717, 1.165) is 17.0 Å². The van der Waals surface area contributed by atoms with Gasteiger partial charge < -0.3 is 9.47 Å². The fourth-order valence-electron chi connectivity index (χ4n) is 2.18. The van der Waals surface area contributed by atoms with E-state index in [1.54, 1.807) is 14.2 Å². The average molecular weight is 354 g/mol. The molecule has 1 amide bonds. The zero-order valence-electron chi connectivity index (χ0n) is 14.0. The van der Waals surface area contributed by atoms with E-state index in [1.807, 2.05) is 60.0 Å². The zero-order chi connectivity index (χ0) is 17.6. The third-order valence-corrected chi connectivity index (χ3v) is 4.56. The Labute approximate surface area is 150 Å². The lowest BCUT2D eigenvalue weighted by Gasteiger charge is -2.14. The fourth-order valence-corrected chi connectivity index (χ4v) is 2.99. The van der Waals surface area contributed by atoms with Gasteiger partial charge in [0.2, 0.25) is 0 Å². The number of benzene rings is 2. The van der Waals surface area contributed by atoms with Crippen LogP contribution in [0, 0.1) is 0 Å². The van der Waals surface area contributed by atoms with Gasteiger partial charge in [0.05, 0.1) is 12.8 Å². The Morgan fingerprint density at radius 2 is 1.80 bits per heavy atom. The molecule has 25 heavy (non-hydrogen) atoms. The number of aromatic nitrogens is 1. The molecule has 0 aliphatic heterocycles. The van der Waals surface area contributed by atoms with Crippen LogP contribution >= 0.6 is 11.3 Å². The van der Waals surface area contributed by atoms with Crippen molar-refractivity contribution in [2.45, 2.75) is 0 Å². The molecule has 2 aromatic carbocycles. The molecular weight excluding hydrogens is 336 g/mol. The van der Waals surface area contributed by atoms with Crippen LogP contribution in [0.1, 0.15) is 0 Å². The largest absolute Gasteiger partial charge is 0.497 e. The van der Waals surface area contributed by atoms with Gasteiger partial charge in [-0.2, -0.15) is 0 Å². The van der Waals surface area contributed by atoms with Gasteiger partial charge in [0.1, 0.15) is 11.5 Å². The molecular formula is C19H18N2O3S. The van der Waals surface area contributed by atoms with Gasteiger partial charge in [-0.15, -0.1) is 11.3 Å². The summed E-state index contributed by atoms with van der Waals surface area (Å²) in [6.07, 6.45) is 0. The van der Waals surface area contributed by atoms with Crippen molar-refractivity contribution >= 4 is 22.4 Å². The van der Waals surface area contributed by atoms with E-state index in [4.69, 9.17) is 9.47 Å². The van der Waals surface area contributed by atoms with E-state index in [9.17, 15) is 4.79 Å². The Bertz CT molecular complexity index is 831. The number of methoxy groups -OCH3 is 1. The quantitative estimate of drug-likeness (QED) is 0.674. The van der Waals surface area contributed by atoms with Gasteiger partial charge in [0.25, 0.3) is 5.91 Å². The van der Waals surface area contributed by atoms with Gasteiger partial charge >= 0.3 is 0 Å². The molecule has 0 N–H and O–H groups in total. The van der Waals surface area contributed by atoms with Crippen molar-refractivity contribution in [2.24, 2.45) is 0 Å². The number of carbonyl (C=O) groups excluding carboxylic acids is 1. The van der Waals surface area contributed by atoms with Crippen molar-refractivity contribution < 1.29 is 14.3 Å². The summed E-state index contributed by atoms with van der Waals surface area (Å²) in [5, 5.41) is 2.56. The number of likely N-dealkylation sites (N-methyl/N-ethyl adjacent to an activating group) is 1. The maximum atomic E-state index is 12.3. The monoisotopic (exact) mass is 354 g/mol. The Morgan fingerprint density at radius 3 is 2.48 bits per heavy atom. The van der Waals surface area contributed by atoms with E-state index >= 15 is 0 Å². The normalized spacial score (nSPS) is 10.3. The molecule has 5 nitrogen and oxygen atoms in total.